The lowest BCUT2D eigenvalue weighted by atomic mass is 9.97. The molecule has 2 rings (SSSR count). The van der Waals surface area contributed by atoms with Crippen molar-refractivity contribution in [2.75, 3.05) is 39.4 Å². The molecule has 6 heteroatoms. The molecule has 1 aromatic carbocycles. The first-order chi connectivity index (χ1) is 11.4. The molecule has 1 amide bonds. The maximum Gasteiger partial charge on any atom is 0.220 e. The third-order valence-electron chi connectivity index (χ3n) is 4.26. The minimum Gasteiger partial charge on any atom is -0.387 e. The molecule has 1 aliphatic rings. The molecule has 0 saturated carbocycles. The Kier molecular flexibility index (Phi) is 6.71. The standard InChI is InChI=1S/C18H27FN2O3/c1-14(15-3-5-16(19)6-4-15)11-17(22)20-12-18(2,23)13-21-7-9-24-10-8-21/h3-6,14,23H,7-13H2,1-2H3,(H,20,22). The van der Waals surface area contributed by atoms with Crippen LogP contribution in [0.25, 0.3) is 0 Å². The summed E-state index contributed by atoms with van der Waals surface area (Å²) in [6.07, 6.45) is 0.305. The Balaban J connectivity index is 1.75. The molecule has 1 aliphatic heterocycles. The van der Waals surface area contributed by atoms with E-state index in [1.807, 2.05) is 6.92 Å². The van der Waals surface area contributed by atoms with Crippen LogP contribution in [0.5, 0.6) is 0 Å². The number of halogens is 1. The third-order valence-corrected chi connectivity index (χ3v) is 4.26. The van der Waals surface area contributed by atoms with Crippen molar-refractivity contribution in [1.82, 2.24) is 10.2 Å². The highest BCUT2D eigenvalue weighted by Gasteiger charge is 2.26. The summed E-state index contributed by atoms with van der Waals surface area (Å²) in [6, 6.07) is 6.19. The van der Waals surface area contributed by atoms with E-state index >= 15 is 0 Å². The Morgan fingerprint density at radius 1 is 1.38 bits per heavy atom. The molecular formula is C18H27FN2O3. The summed E-state index contributed by atoms with van der Waals surface area (Å²) in [7, 11) is 0. The van der Waals surface area contributed by atoms with Crippen molar-refractivity contribution < 1.29 is 19.0 Å². The Labute approximate surface area is 142 Å². The minimum absolute atomic E-state index is 0.00482. The van der Waals surface area contributed by atoms with Crippen molar-refractivity contribution >= 4 is 5.91 Å². The number of nitrogens with zero attached hydrogens (tertiary/aromatic N) is 1. The highest BCUT2D eigenvalue weighted by atomic mass is 19.1. The monoisotopic (exact) mass is 338 g/mol. The van der Waals surface area contributed by atoms with E-state index in [1.165, 1.54) is 12.1 Å². The molecule has 5 nitrogen and oxygen atoms in total. The number of aliphatic hydroxyl groups is 1. The maximum atomic E-state index is 12.9. The van der Waals surface area contributed by atoms with E-state index in [2.05, 4.69) is 10.2 Å². The zero-order valence-electron chi connectivity index (χ0n) is 14.4. The zero-order chi connectivity index (χ0) is 17.6. The van der Waals surface area contributed by atoms with Crippen LogP contribution in [0.1, 0.15) is 31.7 Å². The first-order valence-corrected chi connectivity index (χ1v) is 8.40. The average Bonchev–Trinajstić information content (AvgIpc) is 2.54. The van der Waals surface area contributed by atoms with Gasteiger partial charge in [-0.1, -0.05) is 19.1 Å². The number of β-amino-alcohol motifs (C(OH)–C–C–N with tert-alkyl or cyclic N) is 1. The van der Waals surface area contributed by atoms with Gasteiger partial charge in [0.05, 0.1) is 18.8 Å². The van der Waals surface area contributed by atoms with Crippen molar-refractivity contribution in [2.45, 2.75) is 31.8 Å². The molecule has 1 heterocycles. The summed E-state index contributed by atoms with van der Waals surface area (Å²) in [5.41, 5.74) is -0.0572. The van der Waals surface area contributed by atoms with Crippen LogP contribution in [-0.4, -0.2) is 60.9 Å². The Hall–Kier alpha value is -1.50. The molecular weight excluding hydrogens is 311 g/mol. The second kappa shape index (κ2) is 8.55. The molecule has 0 aromatic heterocycles. The number of ether oxygens (including phenoxy) is 1. The summed E-state index contributed by atoms with van der Waals surface area (Å²) in [6.45, 7) is 7.32. The molecule has 134 valence electrons. The van der Waals surface area contributed by atoms with Gasteiger partial charge in [-0.2, -0.15) is 0 Å². The van der Waals surface area contributed by atoms with Crippen LogP contribution in [0, 0.1) is 5.82 Å². The van der Waals surface area contributed by atoms with Crippen LogP contribution < -0.4 is 5.32 Å². The number of carbonyl (C=O) groups is 1. The van der Waals surface area contributed by atoms with Gasteiger partial charge in [-0.15, -0.1) is 0 Å². The molecule has 1 aromatic rings. The third kappa shape index (κ3) is 6.19. The van der Waals surface area contributed by atoms with Crippen molar-refractivity contribution in [1.29, 1.82) is 0 Å². The number of rotatable bonds is 7. The van der Waals surface area contributed by atoms with E-state index in [1.54, 1.807) is 19.1 Å². The lowest BCUT2D eigenvalue weighted by molar-refractivity contribution is -0.122. The number of hydrogen-bond acceptors (Lipinski definition) is 4. The van der Waals surface area contributed by atoms with Crippen LogP contribution in [0.4, 0.5) is 4.39 Å². The number of hydrogen-bond donors (Lipinski definition) is 2. The van der Waals surface area contributed by atoms with Gasteiger partial charge in [0.1, 0.15) is 5.82 Å². The minimum atomic E-state index is -0.980. The molecule has 0 radical (unpaired) electrons. The van der Waals surface area contributed by atoms with Crippen molar-refractivity contribution in [3.63, 3.8) is 0 Å². The van der Waals surface area contributed by atoms with Gasteiger partial charge >= 0.3 is 0 Å². The summed E-state index contributed by atoms with van der Waals surface area (Å²) >= 11 is 0. The first kappa shape index (κ1) is 18.8. The lowest BCUT2D eigenvalue weighted by Crippen LogP contribution is -2.51. The largest absolute Gasteiger partial charge is 0.387 e. The number of carbonyl (C=O) groups excluding carboxylic acids is 1. The Morgan fingerprint density at radius 3 is 2.62 bits per heavy atom. The molecule has 2 atom stereocenters. The second-order valence-electron chi connectivity index (χ2n) is 6.82. The van der Waals surface area contributed by atoms with E-state index in [9.17, 15) is 14.3 Å². The van der Waals surface area contributed by atoms with Gasteiger partial charge in [-0.3, -0.25) is 9.69 Å². The van der Waals surface area contributed by atoms with Crippen molar-refractivity contribution in [3.05, 3.63) is 35.6 Å². The molecule has 1 fully saturated rings. The smallest absolute Gasteiger partial charge is 0.220 e. The molecule has 0 aliphatic carbocycles. The zero-order valence-corrected chi connectivity index (χ0v) is 14.4. The Morgan fingerprint density at radius 2 is 2.00 bits per heavy atom. The fraction of sp³-hybridized carbons (Fsp3) is 0.611. The summed E-state index contributed by atoms with van der Waals surface area (Å²) in [5, 5.41) is 13.3. The summed E-state index contributed by atoms with van der Waals surface area (Å²) in [4.78, 5) is 14.2. The highest BCUT2D eigenvalue weighted by Crippen LogP contribution is 2.19. The van der Waals surface area contributed by atoms with Crippen LogP contribution in [-0.2, 0) is 9.53 Å². The molecule has 2 unspecified atom stereocenters. The first-order valence-electron chi connectivity index (χ1n) is 8.40. The van der Waals surface area contributed by atoms with Gasteiger partial charge in [0.2, 0.25) is 5.91 Å². The molecule has 1 saturated heterocycles. The van der Waals surface area contributed by atoms with Crippen LogP contribution >= 0.6 is 0 Å². The van der Waals surface area contributed by atoms with E-state index in [-0.39, 0.29) is 24.2 Å². The van der Waals surface area contributed by atoms with Gasteiger partial charge in [0, 0.05) is 32.6 Å². The van der Waals surface area contributed by atoms with E-state index in [0.717, 1.165) is 18.7 Å². The normalized spacial score (nSPS) is 19.5. The van der Waals surface area contributed by atoms with Crippen LogP contribution in [0.3, 0.4) is 0 Å². The highest BCUT2D eigenvalue weighted by molar-refractivity contribution is 5.76. The van der Waals surface area contributed by atoms with E-state index in [4.69, 9.17) is 4.74 Å². The fourth-order valence-corrected chi connectivity index (χ4v) is 2.85. The predicted octanol–water partition coefficient (Wildman–Crippen LogP) is 1.52. The SMILES string of the molecule is CC(CC(=O)NCC(C)(O)CN1CCOCC1)c1ccc(F)cc1. The van der Waals surface area contributed by atoms with Gasteiger partial charge in [0.15, 0.2) is 0 Å². The number of benzene rings is 1. The average molecular weight is 338 g/mol. The maximum absolute atomic E-state index is 12.9. The van der Waals surface area contributed by atoms with Gasteiger partial charge in [-0.05, 0) is 30.5 Å². The molecule has 2 N–H and O–H groups in total. The second-order valence-corrected chi connectivity index (χ2v) is 6.82. The van der Waals surface area contributed by atoms with E-state index in [0.29, 0.717) is 26.2 Å². The quantitative estimate of drug-likeness (QED) is 0.791. The topological polar surface area (TPSA) is 61.8 Å². The number of morpholine rings is 1. The lowest BCUT2D eigenvalue weighted by Gasteiger charge is -2.34. The van der Waals surface area contributed by atoms with Gasteiger partial charge < -0.3 is 15.2 Å². The van der Waals surface area contributed by atoms with Gasteiger partial charge in [-0.25, -0.2) is 4.39 Å². The van der Waals surface area contributed by atoms with Crippen LogP contribution in [0.2, 0.25) is 0 Å². The molecule has 24 heavy (non-hydrogen) atoms. The molecule has 0 bridgehead atoms. The Bertz CT molecular complexity index is 528. The predicted molar refractivity (Wildman–Crippen MR) is 90.3 cm³/mol. The van der Waals surface area contributed by atoms with Gasteiger partial charge in [0.25, 0.3) is 0 Å². The van der Waals surface area contributed by atoms with Crippen molar-refractivity contribution in [3.8, 4) is 0 Å². The summed E-state index contributed by atoms with van der Waals surface area (Å²) < 4.78 is 18.2. The number of nitrogens with one attached hydrogen (secondary N) is 1. The fourth-order valence-electron chi connectivity index (χ4n) is 2.85. The molecule has 0 spiro atoms. The van der Waals surface area contributed by atoms with E-state index < -0.39 is 5.60 Å². The van der Waals surface area contributed by atoms with Crippen molar-refractivity contribution in [2.24, 2.45) is 0 Å². The van der Waals surface area contributed by atoms with Crippen LogP contribution in [0.15, 0.2) is 24.3 Å². The number of amides is 1. The summed E-state index contributed by atoms with van der Waals surface area (Å²) in [5.74, 6) is -0.404.